The highest BCUT2D eigenvalue weighted by molar-refractivity contribution is 5.73. The number of benzene rings is 2. The van der Waals surface area contributed by atoms with Gasteiger partial charge in [-0.1, -0.05) is 65.8 Å². The molecule has 0 spiro atoms. The van der Waals surface area contributed by atoms with Gasteiger partial charge in [-0.3, -0.25) is 4.79 Å². The summed E-state index contributed by atoms with van der Waals surface area (Å²) in [4.78, 5) is 14.9. The summed E-state index contributed by atoms with van der Waals surface area (Å²) >= 11 is 0. The maximum Gasteiger partial charge on any atom is 0.217 e. The number of nitrogens with zero attached hydrogens (tertiary/aromatic N) is 3. The van der Waals surface area contributed by atoms with Gasteiger partial charge in [0.1, 0.15) is 12.2 Å². The summed E-state index contributed by atoms with van der Waals surface area (Å²) in [5.41, 5.74) is 11.0. The Morgan fingerprint density at radius 1 is 1.16 bits per heavy atom. The average Bonchev–Trinajstić information content (AvgIpc) is 2.80. The Hall–Kier alpha value is -2.94. The predicted molar refractivity (Wildman–Crippen MR) is 110 cm³/mol. The summed E-state index contributed by atoms with van der Waals surface area (Å²) in [6, 6.07) is 17.6. The van der Waals surface area contributed by atoms with Crippen molar-refractivity contribution in [3.63, 3.8) is 0 Å². The smallest absolute Gasteiger partial charge is 0.217 e. The number of amides is 1. The predicted octanol–water partition coefficient (Wildman–Crippen LogP) is 3.23. The van der Waals surface area contributed by atoms with E-state index in [0.29, 0.717) is 0 Å². The highest BCUT2D eigenvalue weighted by Gasteiger charge is 2.50. The van der Waals surface area contributed by atoms with E-state index in [9.17, 15) is 10.3 Å². The van der Waals surface area contributed by atoms with Crippen LogP contribution in [-0.2, 0) is 30.3 Å². The molecule has 9 heteroatoms. The number of carbonyl (C=O) groups excluding carboxylic acids is 1. The summed E-state index contributed by atoms with van der Waals surface area (Å²) in [7, 11) is 0. The van der Waals surface area contributed by atoms with Gasteiger partial charge in [-0.2, -0.15) is 0 Å². The average molecular weight is 424 g/mol. The topological polar surface area (TPSA) is 115 Å². The molecule has 1 N–H and O–H groups in total. The number of rotatable bonds is 6. The highest BCUT2D eigenvalue weighted by atomic mass is 16.7. The second-order valence-electron chi connectivity index (χ2n) is 7.44. The van der Waals surface area contributed by atoms with Crippen LogP contribution in [0.25, 0.3) is 10.4 Å². The minimum atomic E-state index is -0.832. The van der Waals surface area contributed by atoms with Crippen LogP contribution in [0.2, 0.25) is 0 Å². The van der Waals surface area contributed by atoms with Crippen LogP contribution in [0.3, 0.4) is 0 Å². The molecule has 6 atom stereocenters. The van der Waals surface area contributed by atoms with Crippen molar-refractivity contribution >= 4 is 5.91 Å². The van der Waals surface area contributed by atoms with E-state index in [1.54, 1.807) is 0 Å². The summed E-state index contributed by atoms with van der Waals surface area (Å²) in [6.45, 7) is 1.90. The molecule has 2 aromatic rings. The van der Waals surface area contributed by atoms with Gasteiger partial charge in [-0.15, -0.1) is 0 Å². The van der Waals surface area contributed by atoms with Crippen LogP contribution in [0.5, 0.6) is 0 Å². The van der Waals surface area contributed by atoms with Crippen LogP contribution in [-0.4, -0.2) is 43.1 Å². The zero-order valence-electron chi connectivity index (χ0n) is 17.0. The van der Waals surface area contributed by atoms with E-state index in [0.717, 1.165) is 11.1 Å². The molecular formula is C22H24N4O5. The number of carbonyl (C=O) groups is 1. The fourth-order valence-corrected chi connectivity index (χ4v) is 3.85. The monoisotopic (exact) mass is 424 g/mol. The molecule has 4 rings (SSSR count). The molecule has 31 heavy (non-hydrogen) atoms. The third-order valence-electron chi connectivity index (χ3n) is 5.25. The molecule has 2 saturated heterocycles. The van der Waals surface area contributed by atoms with Gasteiger partial charge in [0.2, 0.25) is 5.91 Å². The molecule has 0 unspecified atom stereocenters. The first-order valence-electron chi connectivity index (χ1n) is 10.1. The molecule has 2 heterocycles. The fourth-order valence-electron chi connectivity index (χ4n) is 3.85. The summed E-state index contributed by atoms with van der Waals surface area (Å²) < 4.78 is 24.1. The number of ether oxygens (including phenoxy) is 4. The minimum absolute atomic E-state index is 0.236. The normalized spacial score (nSPS) is 30.0. The van der Waals surface area contributed by atoms with E-state index in [4.69, 9.17) is 18.9 Å². The van der Waals surface area contributed by atoms with Crippen molar-refractivity contribution < 1.29 is 23.7 Å². The maximum absolute atomic E-state index is 11.9. The quantitative estimate of drug-likeness (QED) is 0.434. The van der Waals surface area contributed by atoms with Crippen LogP contribution >= 0.6 is 0 Å². The molecule has 1 amide bonds. The van der Waals surface area contributed by atoms with E-state index in [1.807, 2.05) is 60.7 Å². The summed E-state index contributed by atoms with van der Waals surface area (Å²) in [6.07, 6.45) is -2.58. The van der Waals surface area contributed by atoms with E-state index in [1.165, 1.54) is 6.92 Å². The van der Waals surface area contributed by atoms with Gasteiger partial charge in [0, 0.05) is 17.4 Å². The number of nitrogens with one attached hydrogen (secondary N) is 1. The zero-order valence-corrected chi connectivity index (χ0v) is 17.0. The molecule has 162 valence electrons. The van der Waals surface area contributed by atoms with Crippen molar-refractivity contribution in [2.75, 3.05) is 6.61 Å². The van der Waals surface area contributed by atoms with Crippen LogP contribution in [0.15, 0.2) is 65.8 Å². The Balaban J connectivity index is 1.56. The van der Waals surface area contributed by atoms with Gasteiger partial charge in [-0.05, 0) is 11.1 Å². The van der Waals surface area contributed by atoms with Crippen LogP contribution in [0.1, 0.15) is 24.3 Å². The lowest BCUT2D eigenvalue weighted by Gasteiger charge is -2.48. The lowest BCUT2D eigenvalue weighted by atomic mass is 9.93. The Morgan fingerprint density at radius 2 is 1.87 bits per heavy atom. The maximum atomic E-state index is 11.9. The molecule has 0 aromatic heterocycles. The van der Waals surface area contributed by atoms with E-state index >= 15 is 0 Å². The number of azide groups is 1. The molecule has 2 aliphatic heterocycles. The second kappa shape index (κ2) is 9.91. The van der Waals surface area contributed by atoms with Crippen LogP contribution in [0.4, 0.5) is 0 Å². The van der Waals surface area contributed by atoms with Gasteiger partial charge in [0.25, 0.3) is 0 Å². The third kappa shape index (κ3) is 5.04. The first kappa shape index (κ1) is 21.3. The summed E-state index contributed by atoms with van der Waals surface area (Å²) in [5, 5.41) is 6.78. The Bertz CT molecular complexity index is 922. The lowest BCUT2D eigenvalue weighted by Crippen LogP contribution is -2.65. The molecule has 2 aromatic carbocycles. The molecular weight excluding hydrogens is 400 g/mol. The number of hydrogen-bond donors (Lipinski definition) is 1. The van der Waals surface area contributed by atoms with Crippen molar-refractivity contribution in [3.8, 4) is 0 Å². The Labute approximate surface area is 179 Å². The standard InChI is InChI=1S/C22H24N4O5/c1-14(27)24-19-18(25-26-23)20-17(13-29-21(31-20)16-10-6-3-7-11-16)30-22(19)28-12-15-8-4-2-5-9-15/h2-11,17-22H,12-13H2,1H3,(H,24,27)/t17-,18+,19+,20+,21+,22-/m1/s1. The van der Waals surface area contributed by atoms with Crippen molar-refractivity contribution in [1.29, 1.82) is 0 Å². The lowest BCUT2D eigenvalue weighted by molar-refractivity contribution is -0.327. The third-order valence-corrected chi connectivity index (χ3v) is 5.25. The van der Waals surface area contributed by atoms with E-state index in [2.05, 4.69) is 15.3 Å². The van der Waals surface area contributed by atoms with Crippen molar-refractivity contribution in [3.05, 3.63) is 82.2 Å². The molecule has 2 aliphatic rings. The zero-order chi connectivity index (χ0) is 21.6. The van der Waals surface area contributed by atoms with Gasteiger partial charge < -0.3 is 24.3 Å². The van der Waals surface area contributed by atoms with Crippen molar-refractivity contribution in [2.24, 2.45) is 5.11 Å². The van der Waals surface area contributed by atoms with Crippen molar-refractivity contribution in [2.45, 2.75) is 50.4 Å². The fraction of sp³-hybridized carbons (Fsp3) is 0.409. The molecule has 0 bridgehead atoms. The second-order valence-corrected chi connectivity index (χ2v) is 7.44. The van der Waals surface area contributed by atoms with Gasteiger partial charge >= 0.3 is 0 Å². The minimum Gasteiger partial charge on any atom is -0.348 e. The van der Waals surface area contributed by atoms with Crippen LogP contribution < -0.4 is 5.32 Å². The van der Waals surface area contributed by atoms with Crippen molar-refractivity contribution in [1.82, 2.24) is 5.32 Å². The van der Waals surface area contributed by atoms with Gasteiger partial charge in [-0.25, -0.2) is 0 Å². The molecule has 0 aliphatic carbocycles. The largest absolute Gasteiger partial charge is 0.348 e. The molecule has 0 radical (unpaired) electrons. The first-order chi connectivity index (χ1) is 15.2. The Morgan fingerprint density at radius 3 is 2.55 bits per heavy atom. The molecule has 0 saturated carbocycles. The molecule has 9 nitrogen and oxygen atoms in total. The van der Waals surface area contributed by atoms with E-state index < -0.39 is 36.9 Å². The number of hydrogen-bond acceptors (Lipinski definition) is 6. The Kier molecular flexibility index (Phi) is 6.81. The SMILES string of the molecule is CC(=O)N[C@@H]1[C@H](OCc2ccccc2)O[C@@H]2CO[C@H](c3ccccc3)O[C@@H]2[C@H]1N=[N+]=[N-]. The number of fused-ring (bicyclic) bond motifs is 1. The van der Waals surface area contributed by atoms with E-state index in [-0.39, 0.29) is 19.1 Å². The van der Waals surface area contributed by atoms with Crippen LogP contribution in [0, 0.1) is 0 Å². The van der Waals surface area contributed by atoms with Gasteiger partial charge in [0.15, 0.2) is 12.6 Å². The highest BCUT2D eigenvalue weighted by Crippen LogP contribution is 2.36. The first-order valence-corrected chi connectivity index (χ1v) is 10.1. The summed E-state index contributed by atoms with van der Waals surface area (Å²) in [5.74, 6) is -0.287. The van der Waals surface area contributed by atoms with Gasteiger partial charge in [0.05, 0.1) is 25.3 Å². The molecule has 2 fully saturated rings.